The first-order valence-corrected chi connectivity index (χ1v) is 10.1. The summed E-state index contributed by atoms with van der Waals surface area (Å²) in [5, 5.41) is 0.243. The van der Waals surface area contributed by atoms with Gasteiger partial charge >= 0.3 is 5.97 Å². The van der Waals surface area contributed by atoms with Crippen molar-refractivity contribution in [3.63, 3.8) is 0 Å². The van der Waals surface area contributed by atoms with Gasteiger partial charge in [0.25, 0.3) is 10.0 Å². The van der Waals surface area contributed by atoms with Crippen LogP contribution in [-0.2, 0) is 19.6 Å². The third-order valence-electron chi connectivity index (χ3n) is 3.49. The van der Waals surface area contributed by atoms with Crippen molar-refractivity contribution in [3.8, 4) is 0 Å². The fraction of sp³-hybridized carbons (Fsp3) is 0.278. The number of hydrogen-bond donors (Lipinski definition) is 0. The van der Waals surface area contributed by atoms with E-state index < -0.39 is 22.5 Å². The van der Waals surface area contributed by atoms with E-state index in [0.29, 0.717) is 11.3 Å². The zero-order valence-corrected chi connectivity index (χ0v) is 16.9. The summed E-state index contributed by atoms with van der Waals surface area (Å²) < 4.78 is 32.6. The summed E-state index contributed by atoms with van der Waals surface area (Å²) in [6.07, 6.45) is -0.362. The Morgan fingerprint density at radius 3 is 2.42 bits per heavy atom. The number of sulfonamides is 1. The van der Waals surface area contributed by atoms with Crippen molar-refractivity contribution in [1.29, 1.82) is 0 Å². The summed E-state index contributed by atoms with van der Waals surface area (Å²) in [5.74, 6) is -0.662. The van der Waals surface area contributed by atoms with Crippen molar-refractivity contribution in [2.75, 3.05) is 10.8 Å². The molecule has 0 saturated carbocycles. The van der Waals surface area contributed by atoms with Crippen LogP contribution in [0.1, 0.15) is 19.4 Å². The van der Waals surface area contributed by atoms with E-state index in [0.717, 1.165) is 4.31 Å². The molecule has 0 saturated heterocycles. The molecule has 2 rings (SSSR count). The van der Waals surface area contributed by atoms with Crippen molar-refractivity contribution in [2.45, 2.75) is 31.8 Å². The summed E-state index contributed by atoms with van der Waals surface area (Å²) in [6.45, 7) is 4.66. The highest BCUT2D eigenvalue weighted by Gasteiger charge is 2.31. The number of carbonyl (C=O) groups is 1. The smallest absolute Gasteiger partial charge is 0.327 e. The minimum Gasteiger partial charge on any atom is -0.462 e. The molecule has 0 unspecified atom stereocenters. The third kappa shape index (κ3) is 4.69. The maximum Gasteiger partial charge on any atom is 0.327 e. The van der Waals surface area contributed by atoms with Crippen LogP contribution in [0.3, 0.4) is 0 Å². The Morgan fingerprint density at radius 1 is 1.15 bits per heavy atom. The number of hydrogen-bond acceptors (Lipinski definition) is 4. The third-order valence-corrected chi connectivity index (χ3v) is 5.96. The van der Waals surface area contributed by atoms with Gasteiger partial charge in [-0.1, -0.05) is 41.4 Å². The molecular weight excluding hydrogens is 397 g/mol. The van der Waals surface area contributed by atoms with Crippen LogP contribution in [0.15, 0.2) is 47.4 Å². The van der Waals surface area contributed by atoms with Gasteiger partial charge in [0.2, 0.25) is 0 Å². The lowest BCUT2D eigenvalue weighted by Crippen LogP contribution is -2.37. The van der Waals surface area contributed by atoms with Crippen LogP contribution in [0.2, 0.25) is 10.0 Å². The van der Waals surface area contributed by atoms with Gasteiger partial charge in [-0.3, -0.25) is 9.10 Å². The van der Waals surface area contributed by atoms with Gasteiger partial charge in [-0.05, 0) is 50.6 Å². The lowest BCUT2D eigenvalue weighted by atomic mass is 10.2. The largest absolute Gasteiger partial charge is 0.462 e. The average molecular weight is 416 g/mol. The quantitative estimate of drug-likeness (QED) is 0.653. The number of halogens is 2. The second-order valence-corrected chi connectivity index (χ2v) is 8.59. The molecule has 0 atom stereocenters. The summed E-state index contributed by atoms with van der Waals surface area (Å²) >= 11 is 12.0. The fourth-order valence-electron chi connectivity index (χ4n) is 2.35. The number of aryl methyl sites for hydroxylation is 1. The standard InChI is InChI=1S/C18H19Cl2NO4S/c1-12(2)25-18(22)11-21(16-7-5-4-6-13(16)3)26(23,24)17-10-14(19)8-9-15(17)20/h4-10,12H,11H2,1-3H3. The van der Waals surface area contributed by atoms with Crippen molar-refractivity contribution < 1.29 is 17.9 Å². The topological polar surface area (TPSA) is 63.7 Å². The van der Waals surface area contributed by atoms with Gasteiger partial charge in [0, 0.05) is 5.02 Å². The van der Waals surface area contributed by atoms with E-state index in [9.17, 15) is 13.2 Å². The molecule has 0 aliphatic rings. The fourth-order valence-corrected chi connectivity index (χ4v) is 4.57. The molecule has 0 spiro atoms. The zero-order valence-electron chi connectivity index (χ0n) is 14.6. The molecular formula is C18H19Cl2NO4S. The minimum absolute atomic E-state index is 0.0187. The van der Waals surface area contributed by atoms with E-state index in [-0.39, 0.29) is 21.0 Å². The molecule has 140 valence electrons. The molecule has 0 fully saturated rings. The van der Waals surface area contributed by atoms with Crippen LogP contribution >= 0.6 is 23.2 Å². The van der Waals surface area contributed by atoms with E-state index in [1.54, 1.807) is 45.0 Å². The Labute approximate surface area is 163 Å². The van der Waals surface area contributed by atoms with Gasteiger partial charge in [-0.15, -0.1) is 0 Å². The highest BCUT2D eigenvalue weighted by molar-refractivity contribution is 7.93. The summed E-state index contributed by atoms with van der Waals surface area (Å²) in [4.78, 5) is 12.0. The first-order chi connectivity index (χ1) is 12.1. The lowest BCUT2D eigenvalue weighted by molar-refractivity contribution is -0.145. The Balaban J connectivity index is 2.57. The van der Waals surface area contributed by atoms with E-state index in [1.807, 2.05) is 0 Å². The molecule has 2 aromatic carbocycles. The Bertz CT molecular complexity index is 913. The summed E-state index contributed by atoms with van der Waals surface area (Å²) in [5.41, 5.74) is 1.05. The first kappa shape index (κ1) is 20.6. The number of esters is 1. The molecule has 0 aromatic heterocycles. The van der Waals surface area contributed by atoms with Crippen LogP contribution in [0.25, 0.3) is 0 Å². The van der Waals surface area contributed by atoms with E-state index >= 15 is 0 Å². The number of benzene rings is 2. The summed E-state index contributed by atoms with van der Waals surface area (Å²) in [6, 6.07) is 11.0. The molecule has 0 N–H and O–H groups in total. The molecule has 8 heteroatoms. The predicted molar refractivity (Wildman–Crippen MR) is 103 cm³/mol. The SMILES string of the molecule is Cc1ccccc1N(CC(=O)OC(C)C)S(=O)(=O)c1cc(Cl)ccc1Cl. The Morgan fingerprint density at radius 2 is 1.81 bits per heavy atom. The molecule has 5 nitrogen and oxygen atoms in total. The number of nitrogens with zero attached hydrogens (tertiary/aromatic N) is 1. The number of rotatable bonds is 6. The molecule has 0 radical (unpaired) electrons. The second-order valence-electron chi connectivity index (χ2n) is 5.91. The van der Waals surface area contributed by atoms with Gasteiger partial charge in [0.1, 0.15) is 11.4 Å². The van der Waals surface area contributed by atoms with E-state index in [1.165, 1.54) is 18.2 Å². The number of carbonyl (C=O) groups excluding carboxylic acids is 1. The minimum atomic E-state index is -4.14. The zero-order chi connectivity index (χ0) is 19.5. The predicted octanol–water partition coefficient (Wildman–Crippen LogP) is 4.45. The Hall–Kier alpha value is -1.76. The molecule has 0 heterocycles. The van der Waals surface area contributed by atoms with Crippen LogP contribution in [-0.4, -0.2) is 27.0 Å². The molecule has 2 aromatic rings. The molecule has 26 heavy (non-hydrogen) atoms. The van der Waals surface area contributed by atoms with Gasteiger partial charge in [-0.2, -0.15) is 0 Å². The number of anilines is 1. The second kappa shape index (κ2) is 8.29. The van der Waals surface area contributed by atoms with Crippen molar-refractivity contribution in [1.82, 2.24) is 0 Å². The highest BCUT2D eigenvalue weighted by Crippen LogP contribution is 2.32. The average Bonchev–Trinajstić information content (AvgIpc) is 2.55. The molecule has 0 bridgehead atoms. The van der Waals surface area contributed by atoms with Crippen LogP contribution in [0.5, 0.6) is 0 Å². The van der Waals surface area contributed by atoms with Crippen molar-refractivity contribution >= 4 is 44.9 Å². The van der Waals surface area contributed by atoms with Gasteiger partial charge in [-0.25, -0.2) is 8.42 Å². The van der Waals surface area contributed by atoms with Gasteiger partial charge < -0.3 is 4.74 Å². The van der Waals surface area contributed by atoms with E-state index in [2.05, 4.69) is 0 Å². The molecule has 0 amide bonds. The van der Waals surface area contributed by atoms with Gasteiger partial charge in [0.15, 0.2) is 0 Å². The van der Waals surface area contributed by atoms with Crippen molar-refractivity contribution in [2.24, 2.45) is 0 Å². The van der Waals surface area contributed by atoms with Crippen LogP contribution in [0.4, 0.5) is 5.69 Å². The maximum absolute atomic E-state index is 13.3. The maximum atomic E-state index is 13.3. The molecule has 0 aliphatic heterocycles. The normalized spacial score (nSPS) is 11.5. The first-order valence-electron chi connectivity index (χ1n) is 7.86. The van der Waals surface area contributed by atoms with Crippen molar-refractivity contribution in [3.05, 3.63) is 58.1 Å². The molecule has 0 aliphatic carbocycles. The van der Waals surface area contributed by atoms with Gasteiger partial charge in [0.05, 0.1) is 16.8 Å². The lowest BCUT2D eigenvalue weighted by Gasteiger charge is -2.26. The Kier molecular flexibility index (Phi) is 6.55. The number of ether oxygens (including phenoxy) is 1. The summed E-state index contributed by atoms with van der Waals surface area (Å²) in [7, 11) is -4.14. The van der Waals surface area contributed by atoms with Crippen LogP contribution < -0.4 is 4.31 Å². The highest BCUT2D eigenvalue weighted by atomic mass is 35.5. The van der Waals surface area contributed by atoms with E-state index in [4.69, 9.17) is 27.9 Å². The number of para-hydroxylation sites is 1. The van der Waals surface area contributed by atoms with Crippen LogP contribution in [0, 0.1) is 6.92 Å². The monoisotopic (exact) mass is 415 g/mol.